The minimum Gasteiger partial charge on any atom is -0.298 e. The van der Waals surface area contributed by atoms with E-state index in [1.165, 1.54) is 33.9 Å². The van der Waals surface area contributed by atoms with Gasteiger partial charge in [-0.3, -0.25) is 10.1 Å². The number of anilines is 1. The molecule has 5 rings (SSSR count). The van der Waals surface area contributed by atoms with Gasteiger partial charge in [0.05, 0.1) is 10.6 Å². The van der Waals surface area contributed by atoms with Crippen molar-refractivity contribution >= 4 is 32.4 Å². The zero-order chi connectivity index (χ0) is 22.3. The number of hydrogen-bond donors (Lipinski definition) is 1. The topological polar surface area (TPSA) is 79.4 Å². The summed E-state index contributed by atoms with van der Waals surface area (Å²) in [6, 6.07) is 14.4. The molecule has 2 aliphatic rings. The molecule has 2 heterocycles. The second-order valence-electron chi connectivity index (χ2n) is 8.54. The molecule has 6 nitrogen and oxygen atoms in total. The molecule has 0 bridgehead atoms. The number of sulfonamides is 1. The number of fused-ring (bicyclic) bond motifs is 3. The highest BCUT2D eigenvalue weighted by atomic mass is 32.2. The molecule has 1 saturated heterocycles. The summed E-state index contributed by atoms with van der Waals surface area (Å²) < 4.78 is 27.4. The third-order valence-electron chi connectivity index (χ3n) is 6.19. The minimum atomic E-state index is -3.54. The van der Waals surface area contributed by atoms with Gasteiger partial charge in [-0.25, -0.2) is 13.4 Å². The summed E-state index contributed by atoms with van der Waals surface area (Å²) in [5, 5.41) is 3.45. The van der Waals surface area contributed by atoms with E-state index in [0.717, 1.165) is 36.9 Å². The third kappa shape index (κ3) is 3.98. The van der Waals surface area contributed by atoms with Crippen LogP contribution in [-0.4, -0.2) is 36.7 Å². The first-order valence-corrected chi connectivity index (χ1v) is 13.2. The molecule has 166 valence electrons. The summed E-state index contributed by atoms with van der Waals surface area (Å²) in [5.74, 6) is 0.0691. The van der Waals surface area contributed by atoms with E-state index in [1.54, 1.807) is 16.4 Å². The number of amides is 1. The number of carbonyl (C=O) groups excluding carboxylic acids is 1. The van der Waals surface area contributed by atoms with Crippen molar-refractivity contribution in [3.8, 4) is 11.3 Å². The molecule has 2 aromatic carbocycles. The first-order valence-electron chi connectivity index (χ1n) is 10.9. The van der Waals surface area contributed by atoms with Crippen molar-refractivity contribution in [3.63, 3.8) is 0 Å². The predicted octanol–water partition coefficient (Wildman–Crippen LogP) is 4.58. The number of hydrogen-bond acceptors (Lipinski definition) is 5. The number of aryl methyl sites for hydroxylation is 2. The van der Waals surface area contributed by atoms with Crippen LogP contribution in [0.5, 0.6) is 0 Å². The maximum atomic E-state index is 12.9. The number of benzene rings is 2. The smallest absolute Gasteiger partial charge is 0.257 e. The van der Waals surface area contributed by atoms with Crippen LogP contribution in [0.25, 0.3) is 11.3 Å². The first-order chi connectivity index (χ1) is 15.4. The van der Waals surface area contributed by atoms with Crippen LogP contribution in [0.15, 0.2) is 53.4 Å². The average molecular weight is 468 g/mol. The van der Waals surface area contributed by atoms with E-state index < -0.39 is 10.0 Å². The Morgan fingerprint density at radius 2 is 1.91 bits per heavy atom. The molecule has 1 aromatic heterocycles. The Morgan fingerprint density at radius 1 is 1.12 bits per heavy atom. The van der Waals surface area contributed by atoms with Crippen molar-refractivity contribution in [2.24, 2.45) is 5.92 Å². The van der Waals surface area contributed by atoms with E-state index in [-0.39, 0.29) is 10.8 Å². The molecule has 1 amide bonds. The summed E-state index contributed by atoms with van der Waals surface area (Å²) >= 11 is 1.50. The molecule has 0 saturated carbocycles. The van der Waals surface area contributed by atoms with E-state index in [0.29, 0.717) is 29.7 Å². The summed E-state index contributed by atoms with van der Waals surface area (Å²) in [6.07, 6.45) is 3.83. The maximum absolute atomic E-state index is 12.9. The lowest BCUT2D eigenvalue weighted by Gasteiger charge is -2.30. The van der Waals surface area contributed by atoms with Crippen LogP contribution in [0.1, 0.15) is 40.6 Å². The van der Waals surface area contributed by atoms with Gasteiger partial charge in [-0.05, 0) is 61.4 Å². The molecule has 8 heteroatoms. The van der Waals surface area contributed by atoms with Gasteiger partial charge in [-0.2, -0.15) is 4.31 Å². The number of nitrogens with one attached hydrogen (secondary N) is 1. The van der Waals surface area contributed by atoms with Gasteiger partial charge < -0.3 is 0 Å². The number of thiazole rings is 1. The molecule has 1 fully saturated rings. The van der Waals surface area contributed by atoms with Gasteiger partial charge >= 0.3 is 0 Å². The largest absolute Gasteiger partial charge is 0.298 e. The molecular formula is C24H25N3O3S2. The van der Waals surface area contributed by atoms with Gasteiger partial charge in [0.25, 0.3) is 5.91 Å². The maximum Gasteiger partial charge on any atom is 0.257 e. The van der Waals surface area contributed by atoms with Crippen LogP contribution in [0.4, 0.5) is 5.13 Å². The molecule has 1 unspecified atom stereocenters. The fourth-order valence-electron chi connectivity index (χ4n) is 4.46. The number of rotatable bonds is 4. The lowest BCUT2D eigenvalue weighted by atomic mass is 9.94. The van der Waals surface area contributed by atoms with Gasteiger partial charge in [0, 0.05) is 29.1 Å². The number of piperidine rings is 1. The molecule has 1 aliphatic carbocycles. The summed E-state index contributed by atoms with van der Waals surface area (Å²) in [4.78, 5) is 18.8. The number of carbonyl (C=O) groups is 1. The molecule has 1 atom stereocenters. The molecule has 1 N–H and O–H groups in total. The zero-order valence-electron chi connectivity index (χ0n) is 17.9. The van der Waals surface area contributed by atoms with E-state index in [2.05, 4.69) is 29.4 Å². The Bertz CT molecular complexity index is 1270. The van der Waals surface area contributed by atoms with E-state index >= 15 is 0 Å². The van der Waals surface area contributed by atoms with E-state index in [1.807, 2.05) is 12.1 Å². The highest BCUT2D eigenvalue weighted by molar-refractivity contribution is 7.89. The molecular weight excluding hydrogens is 442 g/mol. The summed E-state index contributed by atoms with van der Waals surface area (Å²) in [7, 11) is -3.54. The third-order valence-corrected chi connectivity index (χ3v) is 9.10. The second kappa shape index (κ2) is 8.42. The van der Waals surface area contributed by atoms with E-state index in [9.17, 15) is 13.2 Å². The van der Waals surface area contributed by atoms with Crippen LogP contribution < -0.4 is 5.32 Å². The molecule has 1 aliphatic heterocycles. The Morgan fingerprint density at radius 3 is 2.69 bits per heavy atom. The van der Waals surface area contributed by atoms with Gasteiger partial charge in [-0.1, -0.05) is 31.2 Å². The summed E-state index contributed by atoms with van der Waals surface area (Å²) in [6.45, 7) is 3.17. The van der Waals surface area contributed by atoms with Crippen molar-refractivity contribution < 1.29 is 13.2 Å². The van der Waals surface area contributed by atoms with Crippen molar-refractivity contribution in [2.75, 3.05) is 18.4 Å². The molecule has 3 aromatic rings. The highest BCUT2D eigenvalue weighted by Crippen LogP contribution is 2.38. The SMILES string of the molecule is CC1CCCN(S(=O)(=O)c2ccc(C(=O)Nc3nc4c(s3)CCc3ccccc3-4)cc2)C1. The fraction of sp³-hybridized carbons (Fsp3) is 0.333. The minimum absolute atomic E-state index is 0.226. The quantitative estimate of drug-likeness (QED) is 0.609. The average Bonchev–Trinajstić information content (AvgIpc) is 3.22. The Kier molecular flexibility index (Phi) is 5.61. The predicted molar refractivity (Wildman–Crippen MR) is 127 cm³/mol. The zero-order valence-corrected chi connectivity index (χ0v) is 19.5. The monoisotopic (exact) mass is 467 g/mol. The van der Waals surface area contributed by atoms with Crippen molar-refractivity contribution in [1.82, 2.24) is 9.29 Å². The van der Waals surface area contributed by atoms with Gasteiger partial charge in [-0.15, -0.1) is 11.3 Å². The van der Waals surface area contributed by atoms with Crippen molar-refractivity contribution in [1.29, 1.82) is 0 Å². The van der Waals surface area contributed by atoms with Crippen LogP contribution in [-0.2, 0) is 22.9 Å². The Hall–Kier alpha value is -2.55. The van der Waals surface area contributed by atoms with Gasteiger partial charge in [0.1, 0.15) is 0 Å². The molecule has 0 radical (unpaired) electrons. The number of aromatic nitrogens is 1. The fourth-order valence-corrected chi connectivity index (χ4v) is 7.03. The van der Waals surface area contributed by atoms with Crippen LogP contribution in [0.2, 0.25) is 0 Å². The van der Waals surface area contributed by atoms with Crippen LogP contribution in [0, 0.1) is 5.92 Å². The van der Waals surface area contributed by atoms with E-state index in [4.69, 9.17) is 0 Å². The van der Waals surface area contributed by atoms with Crippen LogP contribution >= 0.6 is 11.3 Å². The molecule has 0 spiro atoms. The van der Waals surface area contributed by atoms with Crippen molar-refractivity contribution in [3.05, 3.63) is 64.5 Å². The standard InChI is InChI=1S/C24H25N3O3S2/c1-16-5-4-14-27(15-16)32(29,30)19-11-8-18(9-12-19)23(28)26-24-25-22-20-7-3-2-6-17(20)10-13-21(22)31-24/h2-3,6-9,11-12,16H,4-5,10,13-15H2,1H3,(H,25,26,28). The second-order valence-corrected chi connectivity index (χ2v) is 11.6. The van der Waals surface area contributed by atoms with Gasteiger partial charge in [0.2, 0.25) is 10.0 Å². The van der Waals surface area contributed by atoms with Crippen molar-refractivity contribution in [2.45, 2.75) is 37.5 Å². The van der Waals surface area contributed by atoms with Crippen LogP contribution in [0.3, 0.4) is 0 Å². The highest BCUT2D eigenvalue weighted by Gasteiger charge is 2.29. The first kappa shape index (κ1) is 21.3. The molecule has 32 heavy (non-hydrogen) atoms. The lowest BCUT2D eigenvalue weighted by Crippen LogP contribution is -2.39. The normalized spacial score (nSPS) is 18.6. The lowest BCUT2D eigenvalue weighted by molar-refractivity contribution is 0.102. The van der Waals surface area contributed by atoms with Gasteiger partial charge in [0.15, 0.2) is 5.13 Å². The Balaban J connectivity index is 1.32. The Labute approximate surface area is 192 Å². The summed E-state index contributed by atoms with van der Waals surface area (Å²) in [5.41, 5.74) is 3.77. The number of nitrogens with zero attached hydrogens (tertiary/aromatic N) is 2.